The summed E-state index contributed by atoms with van der Waals surface area (Å²) in [5, 5.41) is 3.43. The van der Waals surface area contributed by atoms with Crippen molar-refractivity contribution in [3.8, 4) is 0 Å². The molecule has 0 bridgehead atoms. The van der Waals surface area contributed by atoms with E-state index in [1.165, 1.54) is 25.7 Å². The number of carbonyl (C=O) groups excluding carboxylic acids is 1. The minimum absolute atomic E-state index is 0.0972. The van der Waals surface area contributed by atoms with Crippen LogP contribution in [-0.2, 0) is 4.74 Å². The maximum absolute atomic E-state index is 12.6. The summed E-state index contributed by atoms with van der Waals surface area (Å²) in [6.45, 7) is 7.86. The van der Waals surface area contributed by atoms with Crippen molar-refractivity contribution in [2.75, 3.05) is 13.1 Å². The third-order valence-electron chi connectivity index (χ3n) is 5.10. The number of hydrogen-bond acceptors (Lipinski definition) is 3. The Morgan fingerprint density at radius 2 is 2.05 bits per heavy atom. The molecule has 1 heterocycles. The molecule has 114 valence electrons. The molecule has 4 heteroatoms. The van der Waals surface area contributed by atoms with Gasteiger partial charge < -0.3 is 15.0 Å². The van der Waals surface area contributed by atoms with Crippen molar-refractivity contribution in [2.45, 2.75) is 77.0 Å². The van der Waals surface area contributed by atoms with Gasteiger partial charge >= 0.3 is 6.09 Å². The molecule has 2 atom stereocenters. The quantitative estimate of drug-likeness (QED) is 0.845. The highest BCUT2D eigenvalue weighted by Gasteiger charge is 2.62. The monoisotopic (exact) mass is 280 g/mol. The summed E-state index contributed by atoms with van der Waals surface area (Å²) in [5.74, 6) is 0. The maximum Gasteiger partial charge on any atom is 0.410 e. The van der Waals surface area contributed by atoms with E-state index in [0.29, 0.717) is 17.5 Å². The van der Waals surface area contributed by atoms with Gasteiger partial charge in [0.2, 0.25) is 0 Å². The van der Waals surface area contributed by atoms with Gasteiger partial charge in [0, 0.05) is 18.6 Å². The third-order valence-corrected chi connectivity index (χ3v) is 5.10. The molecule has 2 saturated carbocycles. The molecule has 0 aromatic heterocycles. The van der Waals surface area contributed by atoms with Crippen molar-refractivity contribution < 1.29 is 9.53 Å². The summed E-state index contributed by atoms with van der Waals surface area (Å²) < 4.78 is 5.68. The molecule has 1 amide bonds. The van der Waals surface area contributed by atoms with Crippen LogP contribution in [0, 0.1) is 5.41 Å². The zero-order valence-corrected chi connectivity index (χ0v) is 13.1. The first-order valence-electron chi connectivity index (χ1n) is 8.13. The standard InChI is InChI=1S/C16H28N2O2/c1-15(2,3)20-14(19)18(12-6-4-9-17-11-12)13-10-16(13)7-5-8-16/h12-13,17H,4-11H2,1-3H3. The lowest BCUT2D eigenvalue weighted by Crippen LogP contribution is -2.52. The lowest BCUT2D eigenvalue weighted by molar-refractivity contribution is 0.00497. The predicted octanol–water partition coefficient (Wildman–Crippen LogP) is 2.92. The average molecular weight is 280 g/mol. The lowest BCUT2D eigenvalue weighted by atomic mass is 9.81. The van der Waals surface area contributed by atoms with Crippen LogP contribution in [0.15, 0.2) is 0 Å². The fourth-order valence-electron chi connectivity index (χ4n) is 3.80. The molecule has 0 radical (unpaired) electrons. The molecule has 2 unspecified atom stereocenters. The number of amides is 1. The van der Waals surface area contributed by atoms with Crippen molar-refractivity contribution >= 4 is 6.09 Å². The van der Waals surface area contributed by atoms with Gasteiger partial charge in [-0.3, -0.25) is 0 Å². The van der Waals surface area contributed by atoms with E-state index in [4.69, 9.17) is 4.74 Å². The Balaban J connectivity index is 1.71. The van der Waals surface area contributed by atoms with Crippen molar-refractivity contribution in [3.05, 3.63) is 0 Å². The number of rotatable bonds is 2. The number of piperidine rings is 1. The van der Waals surface area contributed by atoms with Crippen LogP contribution in [0.1, 0.15) is 59.3 Å². The van der Waals surface area contributed by atoms with E-state index in [-0.39, 0.29) is 6.09 Å². The Labute approximate surface area is 122 Å². The van der Waals surface area contributed by atoms with Crippen molar-refractivity contribution in [1.82, 2.24) is 10.2 Å². The average Bonchev–Trinajstić information content (AvgIpc) is 3.03. The Hall–Kier alpha value is -0.770. The van der Waals surface area contributed by atoms with Crippen molar-refractivity contribution in [3.63, 3.8) is 0 Å². The van der Waals surface area contributed by atoms with E-state index in [1.807, 2.05) is 20.8 Å². The van der Waals surface area contributed by atoms with Gasteiger partial charge in [0.1, 0.15) is 5.60 Å². The number of ether oxygens (including phenoxy) is 1. The fourth-order valence-corrected chi connectivity index (χ4v) is 3.80. The topological polar surface area (TPSA) is 41.6 Å². The summed E-state index contributed by atoms with van der Waals surface area (Å²) >= 11 is 0. The molecule has 4 nitrogen and oxygen atoms in total. The molecule has 3 rings (SSSR count). The number of nitrogens with zero attached hydrogens (tertiary/aromatic N) is 1. The van der Waals surface area contributed by atoms with E-state index < -0.39 is 5.60 Å². The molecular weight excluding hydrogens is 252 g/mol. The number of nitrogens with one attached hydrogen (secondary N) is 1. The summed E-state index contributed by atoms with van der Waals surface area (Å²) in [4.78, 5) is 14.7. The van der Waals surface area contributed by atoms with E-state index in [0.717, 1.165) is 25.9 Å². The molecule has 1 spiro atoms. The van der Waals surface area contributed by atoms with E-state index in [2.05, 4.69) is 10.2 Å². The van der Waals surface area contributed by atoms with E-state index in [1.54, 1.807) is 0 Å². The van der Waals surface area contributed by atoms with Crippen molar-refractivity contribution in [2.24, 2.45) is 5.41 Å². The van der Waals surface area contributed by atoms with Crippen LogP contribution in [0.25, 0.3) is 0 Å². The van der Waals surface area contributed by atoms with Crippen LogP contribution in [0.2, 0.25) is 0 Å². The minimum atomic E-state index is -0.404. The summed E-state index contributed by atoms with van der Waals surface area (Å²) in [5.41, 5.74) is 0.0629. The summed E-state index contributed by atoms with van der Waals surface area (Å²) in [6.07, 6.45) is 7.31. The first-order valence-corrected chi connectivity index (χ1v) is 8.13. The molecule has 20 heavy (non-hydrogen) atoms. The van der Waals surface area contributed by atoms with Crippen LogP contribution < -0.4 is 5.32 Å². The van der Waals surface area contributed by atoms with Crippen LogP contribution in [0.4, 0.5) is 4.79 Å². The van der Waals surface area contributed by atoms with Crippen molar-refractivity contribution in [1.29, 1.82) is 0 Å². The van der Waals surface area contributed by atoms with E-state index in [9.17, 15) is 4.79 Å². The van der Waals surface area contributed by atoms with Crippen LogP contribution in [0.5, 0.6) is 0 Å². The zero-order valence-electron chi connectivity index (χ0n) is 13.1. The van der Waals surface area contributed by atoms with Gasteiger partial charge in [-0.2, -0.15) is 0 Å². The second-order valence-electron chi connectivity index (χ2n) is 7.82. The van der Waals surface area contributed by atoms with Gasteiger partial charge in [0.25, 0.3) is 0 Å². The normalized spacial score (nSPS) is 31.6. The third kappa shape index (κ3) is 2.67. The molecule has 1 N–H and O–H groups in total. The molecule has 1 aliphatic heterocycles. The second kappa shape index (κ2) is 4.90. The second-order valence-corrected chi connectivity index (χ2v) is 7.82. The zero-order chi connectivity index (χ0) is 14.4. The molecular formula is C16H28N2O2. The molecule has 2 aliphatic carbocycles. The number of hydrogen-bond donors (Lipinski definition) is 1. The molecule has 3 fully saturated rings. The molecule has 3 aliphatic rings. The molecule has 1 saturated heterocycles. The smallest absolute Gasteiger partial charge is 0.410 e. The minimum Gasteiger partial charge on any atom is -0.444 e. The highest BCUT2D eigenvalue weighted by Crippen LogP contribution is 2.63. The van der Waals surface area contributed by atoms with E-state index >= 15 is 0 Å². The van der Waals surface area contributed by atoms with Crippen LogP contribution in [0.3, 0.4) is 0 Å². The maximum atomic E-state index is 12.6. The van der Waals surface area contributed by atoms with Gasteiger partial charge in [-0.25, -0.2) is 4.79 Å². The predicted molar refractivity (Wildman–Crippen MR) is 78.7 cm³/mol. The Bertz CT molecular complexity index is 374. The van der Waals surface area contributed by atoms with Gasteiger partial charge in [-0.15, -0.1) is 0 Å². The van der Waals surface area contributed by atoms with Gasteiger partial charge in [0.05, 0.1) is 0 Å². The Morgan fingerprint density at radius 1 is 1.30 bits per heavy atom. The fraction of sp³-hybridized carbons (Fsp3) is 0.938. The first-order chi connectivity index (χ1) is 9.41. The highest BCUT2D eigenvalue weighted by molar-refractivity contribution is 5.70. The van der Waals surface area contributed by atoms with Crippen LogP contribution in [-0.4, -0.2) is 41.8 Å². The largest absolute Gasteiger partial charge is 0.444 e. The van der Waals surface area contributed by atoms with Gasteiger partial charge in [-0.05, 0) is 64.8 Å². The number of carbonyl (C=O) groups is 1. The Kier molecular flexibility index (Phi) is 3.47. The van der Waals surface area contributed by atoms with Gasteiger partial charge in [-0.1, -0.05) is 6.42 Å². The summed E-state index contributed by atoms with van der Waals surface area (Å²) in [7, 11) is 0. The first kappa shape index (κ1) is 14.2. The van der Waals surface area contributed by atoms with Gasteiger partial charge in [0.15, 0.2) is 0 Å². The Morgan fingerprint density at radius 3 is 2.50 bits per heavy atom. The summed E-state index contributed by atoms with van der Waals surface area (Å²) in [6, 6.07) is 0.763. The molecule has 0 aromatic carbocycles. The SMILES string of the molecule is CC(C)(C)OC(=O)N(C1CCCNC1)C1CC12CCC2. The van der Waals surface area contributed by atoms with Crippen LogP contribution >= 0.6 is 0 Å². The lowest BCUT2D eigenvalue weighted by Gasteiger charge is -2.39. The highest BCUT2D eigenvalue weighted by atomic mass is 16.6. The molecule has 0 aromatic rings.